The fraction of sp³-hybridized carbons (Fsp3) is 0.391. The summed E-state index contributed by atoms with van der Waals surface area (Å²) in [5.41, 5.74) is 4.30. The van der Waals surface area contributed by atoms with Crippen molar-refractivity contribution < 1.29 is 14.0 Å². The van der Waals surface area contributed by atoms with Crippen LogP contribution in [0.15, 0.2) is 18.2 Å². The number of halogens is 1. The Morgan fingerprint density at radius 2 is 1.87 bits per heavy atom. The minimum Gasteiger partial charge on any atom is -0.358 e. The smallest absolute Gasteiger partial charge is 0.256 e. The normalized spacial score (nSPS) is 14.4. The van der Waals surface area contributed by atoms with Crippen molar-refractivity contribution in [3.63, 3.8) is 0 Å². The lowest BCUT2D eigenvalue weighted by Crippen LogP contribution is -2.36. The number of aryl methyl sites for hydroxylation is 1. The van der Waals surface area contributed by atoms with E-state index in [4.69, 9.17) is 0 Å². The maximum atomic E-state index is 13.7. The SMILES string of the molecule is CCN(CC)CCN(C)C(=O)c1c(C)[nH]c(C=C2C(=O)Nc3ccc(F)cc32)c1C. The number of carbonyl (C=O) groups excluding carboxylic acids is 2. The Kier molecular flexibility index (Phi) is 6.41. The molecule has 2 N–H and O–H groups in total. The molecule has 0 aliphatic carbocycles. The van der Waals surface area contributed by atoms with Crippen molar-refractivity contribution in [2.24, 2.45) is 0 Å². The minimum absolute atomic E-state index is 0.0552. The number of H-pyrrole nitrogens is 1. The molecule has 0 fully saturated rings. The van der Waals surface area contributed by atoms with Gasteiger partial charge in [-0.2, -0.15) is 0 Å². The number of aromatic amines is 1. The van der Waals surface area contributed by atoms with Crippen molar-refractivity contribution >= 4 is 29.2 Å². The van der Waals surface area contributed by atoms with Gasteiger partial charge in [-0.25, -0.2) is 4.39 Å². The monoisotopic (exact) mass is 412 g/mol. The molecule has 30 heavy (non-hydrogen) atoms. The first-order valence-electron chi connectivity index (χ1n) is 10.3. The van der Waals surface area contributed by atoms with E-state index in [1.165, 1.54) is 12.1 Å². The predicted octanol–water partition coefficient (Wildman–Crippen LogP) is 3.68. The second-order valence-electron chi connectivity index (χ2n) is 7.62. The number of anilines is 1. The van der Waals surface area contributed by atoms with Crippen molar-refractivity contribution in [2.75, 3.05) is 38.5 Å². The van der Waals surface area contributed by atoms with Gasteiger partial charge >= 0.3 is 0 Å². The zero-order chi connectivity index (χ0) is 22.0. The second-order valence-corrected chi connectivity index (χ2v) is 7.62. The Morgan fingerprint density at radius 1 is 1.17 bits per heavy atom. The quantitative estimate of drug-likeness (QED) is 0.682. The van der Waals surface area contributed by atoms with E-state index in [1.54, 1.807) is 24.1 Å². The van der Waals surface area contributed by atoms with E-state index >= 15 is 0 Å². The van der Waals surface area contributed by atoms with E-state index in [1.807, 2.05) is 13.8 Å². The van der Waals surface area contributed by atoms with Crippen LogP contribution in [0.3, 0.4) is 0 Å². The molecule has 2 aromatic rings. The van der Waals surface area contributed by atoms with E-state index in [-0.39, 0.29) is 11.8 Å². The van der Waals surface area contributed by atoms with Crippen molar-refractivity contribution in [3.05, 3.63) is 52.1 Å². The van der Waals surface area contributed by atoms with Gasteiger partial charge in [-0.1, -0.05) is 13.8 Å². The maximum Gasteiger partial charge on any atom is 0.256 e. The van der Waals surface area contributed by atoms with Crippen molar-refractivity contribution in [1.29, 1.82) is 0 Å². The van der Waals surface area contributed by atoms with Crippen molar-refractivity contribution in [3.8, 4) is 0 Å². The number of hydrogen-bond acceptors (Lipinski definition) is 3. The summed E-state index contributed by atoms with van der Waals surface area (Å²) in [4.78, 5) is 32.7. The highest BCUT2D eigenvalue weighted by Crippen LogP contribution is 2.34. The summed E-state index contributed by atoms with van der Waals surface area (Å²) in [6.45, 7) is 11.3. The van der Waals surface area contributed by atoms with Gasteiger partial charge in [-0.05, 0) is 56.8 Å². The van der Waals surface area contributed by atoms with Gasteiger partial charge in [0.15, 0.2) is 0 Å². The molecule has 0 atom stereocenters. The molecular weight excluding hydrogens is 383 g/mol. The minimum atomic E-state index is -0.402. The number of nitrogens with zero attached hydrogens (tertiary/aromatic N) is 2. The molecule has 0 radical (unpaired) electrons. The summed E-state index contributed by atoms with van der Waals surface area (Å²) < 4.78 is 13.7. The summed E-state index contributed by atoms with van der Waals surface area (Å²) in [5.74, 6) is -0.743. The number of nitrogens with one attached hydrogen (secondary N) is 2. The second kappa shape index (κ2) is 8.83. The van der Waals surface area contributed by atoms with Crippen LogP contribution in [0.4, 0.5) is 10.1 Å². The van der Waals surface area contributed by atoms with Crippen LogP contribution < -0.4 is 5.32 Å². The number of benzene rings is 1. The van der Waals surface area contributed by atoms with Crippen molar-refractivity contribution in [1.82, 2.24) is 14.8 Å². The number of amides is 2. The van der Waals surface area contributed by atoms with Gasteiger partial charge in [0, 0.05) is 42.8 Å². The molecule has 0 spiro atoms. The zero-order valence-electron chi connectivity index (χ0n) is 18.2. The van der Waals surface area contributed by atoms with E-state index in [9.17, 15) is 14.0 Å². The van der Waals surface area contributed by atoms with Crippen LogP contribution in [0.1, 0.15) is 46.7 Å². The van der Waals surface area contributed by atoms with E-state index in [0.29, 0.717) is 34.6 Å². The third-order valence-electron chi connectivity index (χ3n) is 5.74. The molecule has 1 aliphatic rings. The fourth-order valence-electron chi connectivity index (χ4n) is 3.81. The Bertz CT molecular complexity index is 1000. The number of aromatic nitrogens is 1. The summed E-state index contributed by atoms with van der Waals surface area (Å²) in [6.07, 6.45) is 1.69. The number of fused-ring (bicyclic) bond motifs is 1. The fourth-order valence-corrected chi connectivity index (χ4v) is 3.81. The van der Waals surface area contributed by atoms with Gasteiger partial charge in [0.05, 0.1) is 11.1 Å². The predicted molar refractivity (Wildman–Crippen MR) is 118 cm³/mol. The molecule has 0 unspecified atom stereocenters. The van der Waals surface area contributed by atoms with E-state index in [2.05, 4.69) is 29.0 Å². The van der Waals surface area contributed by atoms with Gasteiger partial charge < -0.3 is 20.1 Å². The third-order valence-corrected chi connectivity index (χ3v) is 5.74. The number of carbonyl (C=O) groups is 2. The zero-order valence-corrected chi connectivity index (χ0v) is 18.2. The molecule has 3 rings (SSSR count). The number of hydrogen-bond donors (Lipinski definition) is 2. The van der Waals surface area contributed by atoms with Gasteiger partial charge in [0.1, 0.15) is 5.82 Å². The summed E-state index contributed by atoms with van der Waals surface area (Å²) in [6, 6.07) is 4.21. The topological polar surface area (TPSA) is 68.4 Å². The molecular formula is C23H29FN4O2. The highest BCUT2D eigenvalue weighted by atomic mass is 19.1. The molecule has 7 heteroatoms. The Balaban J connectivity index is 1.88. The average Bonchev–Trinajstić information content (AvgIpc) is 3.17. The lowest BCUT2D eigenvalue weighted by atomic mass is 10.0. The Hall–Kier alpha value is -2.93. The molecule has 2 amide bonds. The largest absolute Gasteiger partial charge is 0.358 e. The summed E-state index contributed by atoms with van der Waals surface area (Å²) >= 11 is 0. The van der Waals surface area contributed by atoms with Crippen molar-refractivity contribution in [2.45, 2.75) is 27.7 Å². The van der Waals surface area contributed by atoms with Crippen LogP contribution in [0.5, 0.6) is 0 Å². The molecule has 1 aliphatic heterocycles. The molecule has 160 valence electrons. The van der Waals surface area contributed by atoms with Gasteiger partial charge in [-0.15, -0.1) is 0 Å². The first-order valence-corrected chi connectivity index (χ1v) is 10.3. The molecule has 0 saturated heterocycles. The van der Waals surface area contributed by atoms with Crippen LogP contribution >= 0.6 is 0 Å². The van der Waals surface area contributed by atoms with E-state index in [0.717, 1.165) is 30.9 Å². The molecule has 2 heterocycles. The Labute approximate surface area is 176 Å². The first kappa shape index (κ1) is 21.8. The van der Waals surface area contributed by atoms with Crippen LogP contribution in [0.25, 0.3) is 11.6 Å². The summed E-state index contributed by atoms with van der Waals surface area (Å²) in [5, 5.41) is 2.75. The molecule has 0 bridgehead atoms. The van der Waals surface area contributed by atoms with Gasteiger partial charge in [-0.3, -0.25) is 9.59 Å². The summed E-state index contributed by atoms with van der Waals surface area (Å²) in [7, 11) is 1.80. The van der Waals surface area contributed by atoms with Crippen LogP contribution in [-0.2, 0) is 4.79 Å². The van der Waals surface area contributed by atoms with Crippen LogP contribution in [0.2, 0.25) is 0 Å². The molecule has 1 aromatic heterocycles. The standard InChI is InChI=1S/C23H29FN4O2/c1-6-28(7-2)11-10-27(5)23(30)21-14(3)20(25-15(21)4)13-18-17-12-16(24)8-9-19(17)26-22(18)29/h8-9,12-13,25H,6-7,10-11H2,1-5H3,(H,26,29). The maximum absolute atomic E-state index is 13.7. The lowest BCUT2D eigenvalue weighted by Gasteiger charge is -2.23. The van der Waals surface area contributed by atoms with Gasteiger partial charge in [0.2, 0.25) is 0 Å². The van der Waals surface area contributed by atoms with Gasteiger partial charge in [0.25, 0.3) is 11.8 Å². The Morgan fingerprint density at radius 3 is 2.53 bits per heavy atom. The number of rotatable bonds is 7. The molecule has 6 nitrogen and oxygen atoms in total. The lowest BCUT2D eigenvalue weighted by molar-refractivity contribution is -0.110. The number of likely N-dealkylation sites (N-methyl/N-ethyl adjacent to an activating group) is 2. The third kappa shape index (κ3) is 4.16. The highest BCUT2D eigenvalue weighted by molar-refractivity contribution is 6.34. The van der Waals surface area contributed by atoms with Crippen LogP contribution in [0, 0.1) is 19.7 Å². The van der Waals surface area contributed by atoms with Crippen LogP contribution in [-0.4, -0.2) is 59.8 Å². The first-order chi connectivity index (χ1) is 14.3. The average molecular weight is 413 g/mol. The molecule has 0 saturated carbocycles. The highest BCUT2D eigenvalue weighted by Gasteiger charge is 2.26. The van der Waals surface area contributed by atoms with E-state index < -0.39 is 5.82 Å². The molecule has 1 aromatic carbocycles.